The third-order valence-electron chi connectivity index (χ3n) is 2.68. The highest BCUT2D eigenvalue weighted by Gasteiger charge is 2.17. The van der Waals surface area contributed by atoms with Gasteiger partial charge in [-0.2, -0.15) is 0 Å². The summed E-state index contributed by atoms with van der Waals surface area (Å²) in [4.78, 5) is 11.6. The van der Waals surface area contributed by atoms with Crippen LogP contribution in [0, 0.1) is 5.41 Å². The Bertz CT molecular complexity index is 346. The molecule has 0 atom stereocenters. The van der Waals surface area contributed by atoms with Crippen LogP contribution < -0.4 is 5.32 Å². The first-order chi connectivity index (χ1) is 8.03. The zero-order chi connectivity index (χ0) is 12.7. The Hall–Kier alpha value is -1.35. The Morgan fingerprint density at radius 2 is 1.94 bits per heavy atom. The van der Waals surface area contributed by atoms with Crippen molar-refractivity contribution >= 4 is 5.91 Å². The predicted octanol–water partition coefficient (Wildman–Crippen LogP) is 1.75. The number of hydrogen-bond acceptors (Lipinski definition) is 2. The van der Waals surface area contributed by atoms with E-state index in [0.717, 1.165) is 6.42 Å². The summed E-state index contributed by atoms with van der Waals surface area (Å²) in [6.45, 7) is 4.43. The van der Waals surface area contributed by atoms with E-state index < -0.39 is 0 Å². The summed E-state index contributed by atoms with van der Waals surface area (Å²) in [5.41, 5.74) is 0.923. The lowest BCUT2D eigenvalue weighted by Gasteiger charge is -2.21. The van der Waals surface area contributed by atoms with E-state index in [1.165, 1.54) is 5.56 Å². The Morgan fingerprint density at radius 3 is 2.53 bits per heavy atom. The van der Waals surface area contributed by atoms with Gasteiger partial charge in [-0.25, -0.2) is 0 Å². The monoisotopic (exact) mass is 235 g/mol. The molecule has 2 N–H and O–H groups in total. The van der Waals surface area contributed by atoms with Crippen molar-refractivity contribution in [3.63, 3.8) is 0 Å². The van der Waals surface area contributed by atoms with Crippen LogP contribution in [0.2, 0.25) is 0 Å². The molecule has 0 saturated carbocycles. The van der Waals surface area contributed by atoms with Crippen LogP contribution in [0.25, 0.3) is 0 Å². The zero-order valence-electron chi connectivity index (χ0n) is 10.6. The van der Waals surface area contributed by atoms with Crippen LogP contribution in [0.5, 0.6) is 0 Å². The number of benzene rings is 1. The molecule has 0 unspecified atom stereocenters. The second-order valence-electron chi connectivity index (χ2n) is 5.08. The van der Waals surface area contributed by atoms with Crippen LogP contribution in [0.4, 0.5) is 0 Å². The van der Waals surface area contributed by atoms with Crippen molar-refractivity contribution in [2.24, 2.45) is 5.41 Å². The van der Waals surface area contributed by atoms with Crippen LogP contribution in [0.15, 0.2) is 30.3 Å². The average Bonchev–Trinajstić information content (AvgIpc) is 2.35. The summed E-state index contributed by atoms with van der Waals surface area (Å²) in [7, 11) is 0. The van der Waals surface area contributed by atoms with Gasteiger partial charge in [0.1, 0.15) is 0 Å². The lowest BCUT2D eigenvalue weighted by atomic mass is 9.95. The lowest BCUT2D eigenvalue weighted by molar-refractivity contribution is -0.121. The fraction of sp³-hybridized carbons (Fsp3) is 0.500. The SMILES string of the molecule is CC(C)(CO)CNC(=O)CCc1ccccc1. The number of aliphatic hydroxyl groups excluding tert-OH is 1. The molecule has 0 saturated heterocycles. The number of aryl methyl sites for hydroxylation is 1. The van der Waals surface area contributed by atoms with Crippen LogP contribution >= 0.6 is 0 Å². The standard InChI is InChI=1S/C14H21NO2/c1-14(2,11-16)10-15-13(17)9-8-12-6-4-3-5-7-12/h3-7,16H,8-11H2,1-2H3,(H,15,17). The van der Waals surface area contributed by atoms with Gasteiger partial charge in [0.05, 0.1) is 0 Å². The van der Waals surface area contributed by atoms with Gasteiger partial charge in [0.2, 0.25) is 5.91 Å². The largest absolute Gasteiger partial charge is 0.396 e. The maximum absolute atomic E-state index is 11.6. The highest BCUT2D eigenvalue weighted by atomic mass is 16.3. The number of carbonyl (C=O) groups excluding carboxylic acids is 1. The van der Waals surface area contributed by atoms with Crippen LogP contribution in [0.1, 0.15) is 25.8 Å². The molecule has 0 bridgehead atoms. The van der Waals surface area contributed by atoms with Gasteiger partial charge >= 0.3 is 0 Å². The maximum Gasteiger partial charge on any atom is 0.220 e. The quantitative estimate of drug-likeness (QED) is 0.789. The highest BCUT2D eigenvalue weighted by molar-refractivity contribution is 5.76. The molecule has 0 aliphatic carbocycles. The molecule has 0 spiro atoms. The van der Waals surface area contributed by atoms with Crippen LogP contribution in [-0.4, -0.2) is 24.2 Å². The molecule has 0 aliphatic rings. The molecule has 0 aromatic heterocycles. The predicted molar refractivity (Wildman–Crippen MR) is 68.6 cm³/mol. The van der Waals surface area contributed by atoms with Gasteiger partial charge in [-0.05, 0) is 12.0 Å². The van der Waals surface area contributed by atoms with Gasteiger partial charge in [-0.15, -0.1) is 0 Å². The minimum atomic E-state index is -0.248. The molecule has 1 aromatic carbocycles. The van der Waals surface area contributed by atoms with Gasteiger partial charge in [0.25, 0.3) is 0 Å². The third-order valence-corrected chi connectivity index (χ3v) is 2.68. The smallest absolute Gasteiger partial charge is 0.220 e. The summed E-state index contributed by atoms with van der Waals surface area (Å²) in [6, 6.07) is 9.95. The van der Waals surface area contributed by atoms with Gasteiger partial charge in [0.15, 0.2) is 0 Å². The summed E-state index contributed by atoms with van der Waals surface area (Å²) < 4.78 is 0. The Morgan fingerprint density at radius 1 is 1.29 bits per heavy atom. The second-order valence-corrected chi connectivity index (χ2v) is 5.08. The van der Waals surface area contributed by atoms with Gasteiger partial charge in [-0.3, -0.25) is 4.79 Å². The summed E-state index contributed by atoms with van der Waals surface area (Å²) in [5, 5.41) is 11.9. The van der Waals surface area contributed by atoms with Gasteiger partial charge < -0.3 is 10.4 Å². The lowest BCUT2D eigenvalue weighted by Crippen LogP contribution is -2.36. The van der Waals surface area contributed by atoms with Crippen molar-refractivity contribution in [1.82, 2.24) is 5.32 Å². The van der Waals surface area contributed by atoms with Gasteiger partial charge in [-0.1, -0.05) is 44.2 Å². The van der Waals surface area contributed by atoms with E-state index in [4.69, 9.17) is 5.11 Å². The van der Waals surface area contributed by atoms with Crippen molar-refractivity contribution in [3.05, 3.63) is 35.9 Å². The fourth-order valence-electron chi connectivity index (χ4n) is 1.38. The summed E-state index contributed by atoms with van der Waals surface area (Å²) >= 11 is 0. The van der Waals surface area contributed by atoms with Crippen molar-refractivity contribution in [2.75, 3.05) is 13.2 Å². The number of carbonyl (C=O) groups is 1. The number of nitrogens with one attached hydrogen (secondary N) is 1. The van der Waals surface area contributed by atoms with Gasteiger partial charge in [0, 0.05) is 25.0 Å². The van der Waals surface area contributed by atoms with E-state index in [1.54, 1.807) is 0 Å². The topological polar surface area (TPSA) is 49.3 Å². The second kappa shape index (κ2) is 6.40. The zero-order valence-corrected chi connectivity index (χ0v) is 10.6. The molecule has 1 aromatic rings. The van der Waals surface area contributed by atoms with E-state index >= 15 is 0 Å². The Balaban J connectivity index is 2.27. The van der Waals surface area contributed by atoms with E-state index in [0.29, 0.717) is 13.0 Å². The summed E-state index contributed by atoms with van der Waals surface area (Å²) in [5.74, 6) is 0.0374. The number of amides is 1. The van der Waals surface area contributed by atoms with E-state index in [-0.39, 0.29) is 17.9 Å². The van der Waals surface area contributed by atoms with Crippen LogP contribution in [-0.2, 0) is 11.2 Å². The molecule has 1 rings (SSSR count). The molecular weight excluding hydrogens is 214 g/mol. The van der Waals surface area contributed by atoms with Crippen molar-refractivity contribution in [1.29, 1.82) is 0 Å². The fourth-order valence-corrected chi connectivity index (χ4v) is 1.38. The molecule has 0 heterocycles. The summed E-state index contributed by atoms with van der Waals surface area (Å²) in [6.07, 6.45) is 1.25. The molecular formula is C14H21NO2. The molecule has 3 heteroatoms. The van der Waals surface area contributed by atoms with Crippen molar-refractivity contribution in [3.8, 4) is 0 Å². The molecule has 0 fully saturated rings. The van der Waals surface area contributed by atoms with E-state index in [1.807, 2.05) is 44.2 Å². The van der Waals surface area contributed by atoms with Crippen molar-refractivity contribution in [2.45, 2.75) is 26.7 Å². The third kappa shape index (κ3) is 5.50. The Kier molecular flexibility index (Phi) is 5.16. The van der Waals surface area contributed by atoms with E-state index in [9.17, 15) is 4.79 Å². The normalized spacial score (nSPS) is 11.2. The molecule has 17 heavy (non-hydrogen) atoms. The maximum atomic E-state index is 11.6. The first-order valence-electron chi connectivity index (χ1n) is 5.95. The van der Waals surface area contributed by atoms with Crippen LogP contribution in [0.3, 0.4) is 0 Å². The first-order valence-corrected chi connectivity index (χ1v) is 5.95. The molecule has 1 amide bonds. The highest BCUT2D eigenvalue weighted by Crippen LogP contribution is 2.11. The molecule has 94 valence electrons. The number of rotatable bonds is 6. The Labute approximate surface area is 103 Å². The minimum absolute atomic E-state index is 0.0374. The number of aliphatic hydroxyl groups is 1. The number of hydrogen-bond donors (Lipinski definition) is 2. The molecule has 3 nitrogen and oxygen atoms in total. The first kappa shape index (κ1) is 13.7. The van der Waals surface area contributed by atoms with E-state index in [2.05, 4.69) is 5.32 Å². The average molecular weight is 235 g/mol. The molecule has 0 radical (unpaired) electrons. The van der Waals surface area contributed by atoms with Crippen molar-refractivity contribution < 1.29 is 9.90 Å². The molecule has 0 aliphatic heterocycles. The minimum Gasteiger partial charge on any atom is -0.396 e.